The van der Waals surface area contributed by atoms with Gasteiger partial charge < -0.3 is 9.64 Å². The Morgan fingerprint density at radius 1 is 1.30 bits per heavy atom. The van der Waals surface area contributed by atoms with E-state index in [1.54, 1.807) is 0 Å². The summed E-state index contributed by atoms with van der Waals surface area (Å²) in [7, 11) is 2.24. The third-order valence-corrected chi connectivity index (χ3v) is 4.90. The maximum absolute atomic E-state index is 5.55. The quantitative estimate of drug-likeness (QED) is 0.560. The molecule has 0 aliphatic carbocycles. The lowest BCUT2D eigenvalue weighted by Gasteiger charge is -2.27. The topological polar surface area (TPSA) is 12.5 Å². The van der Waals surface area contributed by atoms with E-state index in [1.165, 1.54) is 48.6 Å². The Morgan fingerprint density at radius 2 is 2.10 bits per heavy atom. The summed E-state index contributed by atoms with van der Waals surface area (Å²) < 4.78 is 5.55. The molecule has 112 valence electrons. The minimum atomic E-state index is 0.749. The van der Waals surface area contributed by atoms with E-state index in [4.69, 9.17) is 4.74 Å². The van der Waals surface area contributed by atoms with Gasteiger partial charge in [-0.2, -0.15) is 0 Å². The lowest BCUT2D eigenvalue weighted by atomic mass is 10.0. The third-order valence-electron chi connectivity index (χ3n) is 3.80. The Bertz CT molecular complexity index is 373. The molecule has 0 spiro atoms. The fraction of sp³-hybridized carbons (Fsp3) is 0.647. The van der Waals surface area contributed by atoms with Gasteiger partial charge in [-0.1, -0.05) is 17.7 Å². The SMILES string of the molecule is Cc1ccc(SCCCN(C)C[C@@H]2CCCOC2)cc1. The van der Waals surface area contributed by atoms with Crippen molar-refractivity contribution in [1.29, 1.82) is 0 Å². The van der Waals surface area contributed by atoms with Crippen LogP contribution < -0.4 is 0 Å². The van der Waals surface area contributed by atoms with E-state index in [-0.39, 0.29) is 0 Å². The normalized spacial score (nSPS) is 19.4. The Labute approximate surface area is 127 Å². The molecule has 1 saturated heterocycles. The third kappa shape index (κ3) is 5.86. The number of thioether (sulfide) groups is 1. The van der Waals surface area contributed by atoms with Crippen molar-refractivity contribution in [3.63, 3.8) is 0 Å². The van der Waals surface area contributed by atoms with Crippen LogP contribution in [-0.2, 0) is 4.74 Å². The molecule has 0 bridgehead atoms. The molecule has 0 amide bonds. The van der Waals surface area contributed by atoms with Gasteiger partial charge in [-0.15, -0.1) is 11.8 Å². The van der Waals surface area contributed by atoms with E-state index < -0.39 is 0 Å². The van der Waals surface area contributed by atoms with Crippen LogP contribution in [0, 0.1) is 12.8 Å². The molecule has 0 aromatic heterocycles. The highest BCUT2D eigenvalue weighted by atomic mass is 32.2. The monoisotopic (exact) mass is 293 g/mol. The number of aryl methyl sites for hydroxylation is 1. The van der Waals surface area contributed by atoms with Crippen molar-refractivity contribution in [1.82, 2.24) is 4.90 Å². The number of hydrogen-bond acceptors (Lipinski definition) is 3. The van der Waals surface area contributed by atoms with Crippen molar-refractivity contribution in [2.45, 2.75) is 31.1 Å². The fourth-order valence-corrected chi connectivity index (χ4v) is 3.48. The van der Waals surface area contributed by atoms with Crippen molar-refractivity contribution in [2.24, 2.45) is 5.92 Å². The van der Waals surface area contributed by atoms with Crippen LogP contribution in [0.4, 0.5) is 0 Å². The molecule has 20 heavy (non-hydrogen) atoms. The first kappa shape index (κ1) is 15.9. The second-order valence-corrected chi connectivity index (χ2v) is 7.03. The summed E-state index contributed by atoms with van der Waals surface area (Å²) in [6, 6.07) is 8.83. The van der Waals surface area contributed by atoms with Crippen LogP contribution in [0.1, 0.15) is 24.8 Å². The van der Waals surface area contributed by atoms with Gasteiger partial charge in [-0.25, -0.2) is 0 Å². The average molecular weight is 293 g/mol. The van der Waals surface area contributed by atoms with Gasteiger partial charge >= 0.3 is 0 Å². The molecule has 3 heteroatoms. The summed E-state index contributed by atoms with van der Waals surface area (Å²) >= 11 is 1.97. The Balaban J connectivity index is 1.56. The van der Waals surface area contributed by atoms with E-state index >= 15 is 0 Å². The highest BCUT2D eigenvalue weighted by Crippen LogP contribution is 2.19. The summed E-state index contributed by atoms with van der Waals surface area (Å²) in [6.45, 7) is 6.44. The molecule has 1 fully saturated rings. The summed E-state index contributed by atoms with van der Waals surface area (Å²) in [5.74, 6) is 1.95. The number of hydrogen-bond donors (Lipinski definition) is 0. The Kier molecular flexibility index (Phi) is 6.91. The summed E-state index contributed by atoms with van der Waals surface area (Å²) in [5, 5.41) is 0. The molecule has 0 N–H and O–H groups in total. The predicted molar refractivity (Wildman–Crippen MR) is 87.6 cm³/mol. The maximum atomic E-state index is 5.55. The van der Waals surface area contributed by atoms with Crippen LogP contribution >= 0.6 is 11.8 Å². The smallest absolute Gasteiger partial charge is 0.0506 e. The molecule has 1 aliphatic heterocycles. The second-order valence-electron chi connectivity index (χ2n) is 5.86. The molecule has 2 rings (SSSR count). The van der Waals surface area contributed by atoms with Crippen LogP contribution in [0.15, 0.2) is 29.2 Å². The van der Waals surface area contributed by atoms with Gasteiger partial charge in [-0.3, -0.25) is 0 Å². The zero-order valence-electron chi connectivity index (χ0n) is 12.8. The first-order valence-corrected chi connectivity index (χ1v) is 8.68. The van der Waals surface area contributed by atoms with E-state index in [2.05, 4.69) is 43.1 Å². The molecule has 1 aromatic rings. The standard InChI is InChI=1S/C17H27NOS/c1-15-6-8-17(9-7-15)20-12-4-10-18(2)13-16-5-3-11-19-14-16/h6-9,16H,3-5,10-14H2,1-2H3/t16-/m0/s1. The lowest BCUT2D eigenvalue weighted by molar-refractivity contribution is 0.0421. The van der Waals surface area contributed by atoms with Gasteiger partial charge in [0.2, 0.25) is 0 Å². The molecule has 1 aliphatic rings. The van der Waals surface area contributed by atoms with Gasteiger partial charge in [-0.05, 0) is 63.6 Å². The maximum Gasteiger partial charge on any atom is 0.0506 e. The van der Waals surface area contributed by atoms with Crippen LogP contribution in [0.3, 0.4) is 0 Å². The van der Waals surface area contributed by atoms with Crippen molar-refractivity contribution < 1.29 is 4.74 Å². The molecular formula is C17H27NOS. The number of nitrogens with zero attached hydrogens (tertiary/aromatic N) is 1. The van der Waals surface area contributed by atoms with Crippen LogP contribution in [-0.4, -0.2) is 44.0 Å². The molecule has 2 nitrogen and oxygen atoms in total. The highest BCUT2D eigenvalue weighted by molar-refractivity contribution is 7.99. The minimum Gasteiger partial charge on any atom is -0.381 e. The molecule has 0 saturated carbocycles. The van der Waals surface area contributed by atoms with Crippen molar-refractivity contribution >= 4 is 11.8 Å². The first-order valence-electron chi connectivity index (χ1n) is 7.70. The van der Waals surface area contributed by atoms with E-state index in [0.29, 0.717) is 0 Å². The van der Waals surface area contributed by atoms with Gasteiger partial charge in [0.25, 0.3) is 0 Å². The number of rotatable bonds is 7. The van der Waals surface area contributed by atoms with Gasteiger partial charge in [0.1, 0.15) is 0 Å². The molecular weight excluding hydrogens is 266 g/mol. The second kappa shape index (κ2) is 8.71. The van der Waals surface area contributed by atoms with E-state index in [9.17, 15) is 0 Å². The van der Waals surface area contributed by atoms with E-state index in [1.807, 2.05) is 11.8 Å². The van der Waals surface area contributed by atoms with Crippen molar-refractivity contribution in [3.8, 4) is 0 Å². The summed E-state index contributed by atoms with van der Waals surface area (Å²) in [6.07, 6.45) is 3.83. The zero-order valence-corrected chi connectivity index (χ0v) is 13.6. The minimum absolute atomic E-state index is 0.749. The molecule has 1 aromatic carbocycles. The molecule has 0 radical (unpaired) electrons. The highest BCUT2D eigenvalue weighted by Gasteiger charge is 2.15. The zero-order chi connectivity index (χ0) is 14.2. The van der Waals surface area contributed by atoms with Crippen LogP contribution in [0.2, 0.25) is 0 Å². The molecule has 1 atom stereocenters. The van der Waals surface area contributed by atoms with E-state index in [0.717, 1.165) is 19.1 Å². The average Bonchev–Trinajstić information content (AvgIpc) is 2.46. The van der Waals surface area contributed by atoms with Gasteiger partial charge in [0, 0.05) is 18.0 Å². The molecule has 0 unspecified atom stereocenters. The summed E-state index contributed by atoms with van der Waals surface area (Å²) in [5.41, 5.74) is 1.34. The first-order chi connectivity index (χ1) is 9.74. The number of ether oxygens (including phenoxy) is 1. The predicted octanol–water partition coefficient (Wildman–Crippen LogP) is 3.84. The number of benzene rings is 1. The fourth-order valence-electron chi connectivity index (χ4n) is 2.64. The van der Waals surface area contributed by atoms with Gasteiger partial charge in [0.15, 0.2) is 0 Å². The van der Waals surface area contributed by atoms with Crippen molar-refractivity contribution in [3.05, 3.63) is 29.8 Å². The summed E-state index contributed by atoms with van der Waals surface area (Å²) in [4.78, 5) is 3.86. The van der Waals surface area contributed by atoms with Gasteiger partial charge in [0.05, 0.1) is 6.61 Å². The largest absolute Gasteiger partial charge is 0.381 e. The Hall–Kier alpha value is -0.510. The van der Waals surface area contributed by atoms with Crippen LogP contribution in [0.25, 0.3) is 0 Å². The molecule has 1 heterocycles. The van der Waals surface area contributed by atoms with Crippen molar-refractivity contribution in [2.75, 3.05) is 39.1 Å². The van der Waals surface area contributed by atoms with Crippen LogP contribution in [0.5, 0.6) is 0 Å². The Morgan fingerprint density at radius 3 is 2.80 bits per heavy atom. The lowest BCUT2D eigenvalue weighted by Crippen LogP contribution is -2.31.